The van der Waals surface area contributed by atoms with E-state index in [-0.39, 0.29) is 23.9 Å². The van der Waals surface area contributed by atoms with Crippen LogP contribution in [0.4, 0.5) is 13.2 Å². The van der Waals surface area contributed by atoms with E-state index in [4.69, 9.17) is 16.3 Å². The molecule has 0 bridgehead atoms. The first kappa shape index (κ1) is 21.7. The third-order valence-corrected chi connectivity index (χ3v) is 4.62. The number of alkyl halides is 3. The SMILES string of the molecule is Cl.FC(F)(F)Oc1ccc(-c2ccccc2Cl)cc1OCC1CCNCC1. The minimum atomic E-state index is -4.78. The van der Waals surface area contributed by atoms with E-state index in [0.717, 1.165) is 31.5 Å². The molecule has 27 heavy (non-hydrogen) atoms. The van der Waals surface area contributed by atoms with Gasteiger partial charge >= 0.3 is 6.36 Å². The number of halogens is 5. The van der Waals surface area contributed by atoms with E-state index in [2.05, 4.69) is 10.1 Å². The average molecular weight is 422 g/mol. The molecule has 2 aromatic carbocycles. The van der Waals surface area contributed by atoms with Crippen LogP contribution in [0.25, 0.3) is 11.1 Å². The van der Waals surface area contributed by atoms with Crippen LogP contribution in [0.3, 0.4) is 0 Å². The molecule has 0 atom stereocenters. The molecule has 3 nitrogen and oxygen atoms in total. The summed E-state index contributed by atoms with van der Waals surface area (Å²) < 4.78 is 47.9. The zero-order chi connectivity index (χ0) is 18.6. The van der Waals surface area contributed by atoms with Crippen LogP contribution in [0, 0.1) is 5.92 Å². The summed E-state index contributed by atoms with van der Waals surface area (Å²) in [4.78, 5) is 0. The Balaban J connectivity index is 0.00000261. The maximum atomic E-state index is 12.7. The van der Waals surface area contributed by atoms with Crippen molar-refractivity contribution in [2.75, 3.05) is 19.7 Å². The fourth-order valence-corrected chi connectivity index (χ4v) is 3.19. The molecule has 1 fully saturated rings. The highest BCUT2D eigenvalue weighted by molar-refractivity contribution is 6.33. The van der Waals surface area contributed by atoms with Crippen molar-refractivity contribution in [1.82, 2.24) is 5.32 Å². The molecule has 1 N–H and O–H groups in total. The van der Waals surface area contributed by atoms with E-state index in [1.54, 1.807) is 30.3 Å². The number of nitrogens with one attached hydrogen (secondary N) is 1. The molecule has 2 aromatic rings. The van der Waals surface area contributed by atoms with Gasteiger partial charge in [0.15, 0.2) is 11.5 Å². The number of piperidine rings is 1. The van der Waals surface area contributed by atoms with Gasteiger partial charge in [-0.25, -0.2) is 0 Å². The van der Waals surface area contributed by atoms with Gasteiger partial charge in [0, 0.05) is 10.6 Å². The van der Waals surface area contributed by atoms with Gasteiger partial charge in [0.05, 0.1) is 6.61 Å². The summed E-state index contributed by atoms with van der Waals surface area (Å²) >= 11 is 6.20. The second-order valence-electron chi connectivity index (χ2n) is 6.19. The maximum absolute atomic E-state index is 12.7. The lowest BCUT2D eigenvalue weighted by Crippen LogP contribution is -2.30. The van der Waals surface area contributed by atoms with Crippen LogP contribution >= 0.6 is 24.0 Å². The van der Waals surface area contributed by atoms with Gasteiger partial charge in [-0.2, -0.15) is 0 Å². The molecule has 3 rings (SSSR count). The summed E-state index contributed by atoms with van der Waals surface area (Å²) in [7, 11) is 0. The van der Waals surface area contributed by atoms with E-state index in [0.29, 0.717) is 23.1 Å². The van der Waals surface area contributed by atoms with Crippen LogP contribution < -0.4 is 14.8 Å². The Morgan fingerprint density at radius 3 is 2.41 bits per heavy atom. The molecule has 0 saturated carbocycles. The Bertz CT molecular complexity index is 750. The van der Waals surface area contributed by atoms with Crippen LogP contribution in [0.5, 0.6) is 11.5 Å². The van der Waals surface area contributed by atoms with Crippen molar-refractivity contribution in [2.24, 2.45) is 5.92 Å². The predicted octanol–water partition coefficient (Wildman–Crippen LogP) is 5.71. The smallest absolute Gasteiger partial charge is 0.489 e. The number of hydrogen-bond donors (Lipinski definition) is 1. The molecule has 1 aliphatic heterocycles. The molecule has 8 heteroatoms. The second-order valence-corrected chi connectivity index (χ2v) is 6.60. The lowest BCUT2D eigenvalue weighted by atomic mass is 9.99. The van der Waals surface area contributed by atoms with Gasteiger partial charge in [-0.3, -0.25) is 0 Å². The third kappa shape index (κ3) is 6.19. The average Bonchev–Trinajstić information content (AvgIpc) is 2.61. The largest absolute Gasteiger partial charge is 0.573 e. The van der Waals surface area contributed by atoms with E-state index >= 15 is 0 Å². The summed E-state index contributed by atoms with van der Waals surface area (Å²) in [6.45, 7) is 2.13. The Morgan fingerprint density at radius 1 is 1.04 bits per heavy atom. The molecule has 0 aliphatic carbocycles. The molecular weight excluding hydrogens is 402 g/mol. The number of benzene rings is 2. The molecule has 0 unspecified atom stereocenters. The normalized spacial score (nSPS) is 15.1. The predicted molar refractivity (Wildman–Crippen MR) is 102 cm³/mol. The van der Waals surface area contributed by atoms with Gasteiger partial charge in [0.25, 0.3) is 0 Å². The number of rotatable bonds is 5. The first-order valence-corrected chi connectivity index (χ1v) is 8.78. The Labute approximate surface area is 167 Å². The molecule has 0 spiro atoms. The second kappa shape index (κ2) is 9.53. The highest BCUT2D eigenvalue weighted by atomic mass is 35.5. The zero-order valence-electron chi connectivity index (χ0n) is 14.4. The van der Waals surface area contributed by atoms with E-state index < -0.39 is 6.36 Å². The fourth-order valence-electron chi connectivity index (χ4n) is 2.95. The van der Waals surface area contributed by atoms with Gasteiger partial charge in [0.1, 0.15) is 0 Å². The molecule has 0 radical (unpaired) electrons. The summed E-state index contributed by atoms with van der Waals surface area (Å²) in [5.74, 6) is 0.0273. The van der Waals surface area contributed by atoms with Crippen molar-refractivity contribution in [3.05, 3.63) is 47.5 Å². The first-order valence-electron chi connectivity index (χ1n) is 8.40. The molecular formula is C19H20Cl2F3NO2. The Hall–Kier alpha value is -1.63. The Kier molecular flexibility index (Phi) is 7.65. The Morgan fingerprint density at radius 2 is 1.74 bits per heavy atom. The van der Waals surface area contributed by atoms with E-state index in [9.17, 15) is 13.2 Å². The standard InChI is InChI=1S/C19H19ClF3NO2.ClH/c20-16-4-2-1-3-15(16)14-5-6-17(26-19(21,22)23)18(11-14)25-12-13-7-9-24-10-8-13;/h1-6,11,13,24H,7-10,12H2;1H. The lowest BCUT2D eigenvalue weighted by molar-refractivity contribution is -0.275. The lowest BCUT2D eigenvalue weighted by Gasteiger charge is -2.23. The number of hydrogen-bond acceptors (Lipinski definition) is 3. The zero-order valence-corrected chi connectivity index (χ0v) is 16.0. The van der Waals surface area contributed by atoms with Crippen LogP contribution in [-0.4, -0.2) is 26.1 Å². The van der Waals surface area contributed by atoms with Crippen molar-refractivity contribution in [3.8, 4) is 22.6 Å². The van der Waals surface area contributed by atoms with Crippen molar-refractivity contribution in [2.45, 2.75) is 19.2 Å². The fraction of sp³-hybridized carbons (Fsp3) is 0.368. The highest BCUT2D eigenvalue weighted by Crippen LogP contribution is 2.38. The molecule has 1 aliphatic rings. The monoisotopic (exact) mass is 421 g/mol. The minimum Gasteiger partial charge on any atom is -0.489 e. The summed E-state index contributed by atoms with van der Waals surface area (Å²) in [5, 5.41) is 3.76. The van der Waals surface area contributed by atoms with Crippen molar-refractivity contribution in [1.29, 1.82) is 0 Å². The van der Waals surface area contributed by atoms with Gasteiger partial charge in [-0.1, -0.05) is 35.9 Å². The molecule has 0 amide bonds. The van der Waals surface area contributed by atoms with Crippen LogP contribution in [-0.2, 0) is 0 Å². The third-order valence-electron chi connectivity index (χ3n) is 4.29. The van der Waals surface area contributed by atoms with Gasteiger partial charge in [-0.15, -0.1) is 25.6 Å². The minimum absolute atomic E-state index is 0. The van der Waals surface area contributed by atoms with Crippen molar-refractivity contribution in [3.63, 3.8) is 0 Å². The number of ether oxygens (including phenoxy) is 2. The van der Waals surface area contributed by atoms with Gasteiger partial charge in [-0.05, 0) is 55.6 Å². The van der Waals surface area contributed by atoms with Crippen LogP contribution in [0.1, 0.15) is 12.8 Å². The van der Waals surface area contributed by atoms with Crippen LogP contribution in [0.15, 0.2) is 42.5 Å². The summed E-state index contributed by atoms with van der Waals surface area (Å²) in [6.07, 6.45) is -2.92. The molecule has 1 saturated heterocycles. The van der Waals surface area contributed by atoms with Gasteiger partial charge < -0.3 is 14.8 Å². The highest BCUT2D eigenvalue weighted by Gasteiger charge is 2.32. The molecule has 0 aromatic heterocycles. The van der Waals surface area contributed by atoms with Gasteiger partial charge in [0.2, 0.25) is 0 Å². The maximum Gasteiger partial charge on any atom is 0.573 e. The molecule has 1 heterocycles. The quantitative estimate of drug-likeness (QED) is 0.670. The summed E-state index contributed by atoms with van der Waals surface area (Å²) in [5.41, 5.74) is 1.39. The van der Waals surface area contributed by atoms with E-state index in [1.165, 1.54) is 6.07 Å². The van der Waals surface area contributed by atoms with E-state index in [1.807, 2.05) is 6.07 Å². The summed E-state index contributed by atoms with van der Waals surface area (Å²) in [6, 6.07) is 11.5. The van der Waals surface area contributed by atoms with Crippen molar-refractivity contribution >= 4 is 24.0 Å². The van der Waals surface area contributed by atoms with Crippen molar-refractivity contribution < 1.29 is 22.6 Å². The van der Waals surface area contributed by atoms with Crippen LogP contribution in [0.2, 0.25) is 5.02 Å². The topological polar surface area (TPSA) is 30.5 Å². The molecule has 148 valence electrons. The first-order chi connectivity index (χ1) is 12.4.